The zero-order valence-electron chi connectivity index (χ0n) is 9.81. The number of hydrogen-bond donors (Lipinski definition) is 0. The molecular weight excluding hydrogens is 180 g/mol. The maximum Gasteiger partial charge on any atom is 0.0338 e. The van der Waals surface area contributed by atoms with E-state index < -0.39 is 0 Å². The van der Waals surface area contributed by atoms with Crippen molar-refractivity contribution in [2.75, 3.05) is 0 Å². The van der Waals surface area contributed by atoms with Crippen molar-refractivity contribution in [1.29, 1.82) is 0 Å². The molecule has 0 radical (unpaired) electrons. The predicted octanol–water partition coefficient (Wildman–Crippen LogP) is 4.71. The summed E-state index contributed by atoms with van der Waals surface area (Å²) in [6, 6.07) is 0. The van der Waals surface area contributed by atoms with Crippen LogP contribution in [0.5, 0.6) is 0 Å². The topological polar surface area (TPSA) is 0 Å². The molecule has 0 aromatic carbocycles. The molecule has 0 amide bonds. The van der Waals surface area contributed by atoms with Crippen molar-refractivity contribution in [2.45, 2.75) is 59.3 Å². The monoisotopic (exact) mass is 204 g/mol. The largest absolute Gasteiger partial charge is 0.123 e. The van der Waals surface area contributed by atoms with Gasteiger partial charge in [-0.1, -0.05) is 40.5 Å². The zero-order chi connectivity index (χ0) is 10.4. The molecule has 0 bridgehead atoms. The van der Waals surface area contributed by atoms with Gasteiger partial charge in [-0.05, 0) is 31.1 Å². The maximum absolute atomic E-state index is 6.20. The molecule has 0 heterocycles. The first-order valence-corrected chi connectivity index (χ1v) is 6.10. The molecule has 0 fully saturated rings. The van der Waals surface area contributed by atoms with Gasteiger partial charge in [0.1, 0.15) is 0 Å². The van der Waals surface area contributed by atoms with Gasteiger partial charge in [-0.25, -0.2) is 0 Å². The third kappa shape index (κ3) is 4.90. The van der Waals surface area contributed by atoms with Crippen LogP contribution in [0, 0.1) is 17.8 Å². The van der Waals surface area contributed by atoms with Crippen molar-refractivity contribution < 1.29 is 0 Å². The lowest BCUT2D eigenvalue weighted by Gasteiger charge is -2.27. The van der Waals surface area contributed by atoms with E-state index in [2.05, 4.69) is 34.6 Å². The van der Waals surface area contributed by atoms with Crippen molar-refractivity contribution in [1.82, 2.24) is 0 Å². The van der Waals surface area contributed by atoms with E-state index in [1.165, 1.54) is 19.3 Å². The predicted molar refractivity (Wildman–Crippen MR) is 62.3 cm³/mol. The lowest BCUT2D eigenvalue weighted by molar-refractivity contribution is 0.282. The van der Waals surface area contributed by atoms with Gasteiger partial charge >= 0.3 is 0 Å². The highest BCUT2D eigenvalue weighted by molar-refractivity contribution is 6.20. The molecule has 0 spiro atoms. The van der Waals surface area contributed by atoms with E-state index in [-0.39, 0.29) is 0 Å². The van der Waals surface area contributed by atoms with Gasteiger partial charge < -0.3 is 0 Å². The van der Waals surface area contributed by atoms with Crippen LogP contribution >= 0.6 is 11.6 Å². The SMILES string of the molecule is CCC(CC)CC(C(C)C)C(C)Cl. The van der Waals surface area contributed by atoms with Crippen LogP contribution in [0.3, 0.4) is 0 Å². The van der Waals surface area contributed by atoms with Crippen LogP contribution in [0.4, 0.5) is 0 Å². The van der Waals surface area contributed by atoms with E-state index in [9.17, 15) is 0 Å². The maximum atomic E-state index is 6.20. The summed E-state index contributed by atoms with van der Waals surface area (Å²) in [6.45, 7) is 11.3. The van der Waals surface area contributed by atoms with Crippen molar-refractivity contribution >= 4 is 11.6 Å². The average Bonchev–Trinajstić information content (AvgIpc) is 2.05. The van der Waals surface area contributed by atoms with Crippen LogP contribution in [-0.4, -0.2) is 5.38 Å². The molecule has 0 aliphatic heterocycles. The minimum absolute atomic E-state index is 0.320. The fourth-order valence-corrected chi connectivity index (χ4v) is 2.39. The van der Waals surface area contributed by atoms with E-state index >= 15 is 0 Å². The van der Waals surface area contributed by atoms with Gasteiger partial charge in [0.05, 0.1) is 0 Å². The molecule has 0 saturated heterocycles. The van der Waals surface area contributed by atoms with Gasteiger partial charge in [-0.15, -0.1) is 11.6 Å². The number of halogens is 1. The second-order valence-electron chi connectivity index (χ2n) is 4.50. The van der Waals surface area contributed by atoms with Crippen molar-refractivity contribution in [3.05, 3.63) is 0 Å². The molecule has 80 valence electrons. The summed E-state index contributed by atoms with van der Waals surface area (Å²) in [5.74, 6) is 2.27. The fourth-order valence-electron chi connectivity index (χ4n) is 2.00. The first-order chi connectivity index (χ1) is 6.02. The van der Waals surface area contributed by atoms with E-state index in [1.54, 1.807) is 0 Å². The fraction of sp³-hybridized carbons (Fsp3) is 1.00. The van der Waals surface area contributed by atoms with E-state index in [0.717, 1.165) is 5.92 Å². The van der Waals surface area contributed by atoms with Gasteiger partial charge in [0.2, 0.25) is 0 Å². The first kappa shape index (κ1) is 13.3. The Kier molecular flexibility index (Phi) is 6.85. The first-order valence-electron chi connectivity index (χ1n) is 5.66. The van der Waals surface area contributed by atoms with E-state index in [4.69, 9.17) is 11.6 Å². The molecule has 0 saturated carbocycles. The molecule has 2 unspecified atom stereocenters. The Hall–Kier alpha value is 0.290. The summed E-state index contributed by atoms with van der Waals surface area (Å²) >= 11 is 6.20. The highest BCUT2D eigenvalue weighted by atomic mass is 35.5. The Balaban J connectivity index is 4.08. The number of alkyl halides is 1. The van der Waals surface area contributed by atoms with Crippen LogP contribution in [0.25, 0.3) is 0 Å². The van der Waals surface area contributed by atoms with Crippen LogP contribution < -0.4 is 0 Å². The second-order valence-corrected chi connectivity index (χ2v) is 5.19. The summed E-state index contributed by atoms with van der Waals surface area (Å²) in [5.41, 5.74) is 0. The highest BCUT2D eigenvalue weighted by Crippen LogP contribution is 2.29. The molecular formula is C12H25Cl. The third-order valence-electron chi connectivity index (χ3n) is 3.21. The molecule has 0 aromatic heterocycles. The average molecular weight is 205 g/mol. The molecule has 0 N–H and O–H groups in total. The van der Waals surface area contributed by atoms with Crippen LogP contribution in [0.15, 0.2) is 0 Å². The summed E-state index contributed by atoms with van der Waals surface area (Å²) in [6.07, 6.45) is 3.89. The molecule has 0 aliphatic rings. The van der Waals surface area contributed by atoms with Gasteiger partial charge in [0.25, 0.3) is 0 Å². The highest BCUT2D eigenvalue weighted by Gasteiger charge is 2.21. The minimum atomic E-state index is 0.320. The lowest BCUT2D eigenvalue weighted by atomic mass is 9.82. The summed E-state index contributed by atoms with van der Waals surface area (Å²) in [7, 11) is 0. The number of hydrogen-bond acceptors (Lipinski definition) is 0. The molecule has 1 heteroatoms. The molecule has 0 aromatic rings. The Morgan fingerprint density at radius 2 is 1.46 bits per heavy atom. The van der Waals surface area contributed by atoms with Gasteiger partial charge in [0, 0.05) is 5.38 Å². The van der Waals surface area contributed by atoms with Crippen LogP contribution in [0.2, 0.25) is 0 Å². The smallest absolute Gasteiger partial charge is 0.0338 e. The van der Waals surface area contributed by atoms with Crippen molar-refractivity contribution in [3.8, 4) is 0 Å². The van der Waals surface area contributed by atoms with E-state index in [1.807, 2.05) is 0 Å². The third-order valence-corrected chi connectivity index (χ3v) is 3.53. The van der Waals surface area contributed by atoms with E-state index in [0.29, 0.717) is 17.2 Å². The quantitative estimate of drug-likeness (QED) is 0.550. The van der Waals surface area contributed by atoms with Gasteiger partial charge in [-0.3, -0.25) is 0 Å². The van der Waals surface area contributed by atoms with Gasteiger partial charge in [-0.2, -0.15) is 0 Å². The molecule has 0 aliphatic carbocycles. The lowest BCUT2D eigenvalue weighted by Crippen LogP contribution is -2.21. The molecule has 2 atom stereocenters. The number of rotatable bonds is 6. The summed E-state index contributed by atoms with van der Waals surface area (Å²) < 4.78 is 0. The Morgan fingerprint density at radius 1 is 1.00 bits per heavy atom. The Bertz CT molecular complexity index is 106. The molecule has 13 heavy (non-hydrogen) atoms. The van der Waals surface area contributed by atoms with Crippen molar-refractivity contribution in [2.24, 2.45) is 17.8 Å². The summed E-state index contributed by atoms with van der Waals surface area (Å²) in [4.78, 5) is 0. The Labute approximate surface area is 89.1 Å². The van der Waals surface area contributed by atoms with Crippen LogP contribution in [-0.2, 0) is 0 Å². The summed E-state index contributed by atoms with van der Waals surface area (Å²) in [5, 5.41) is 0.320. The van der Waals surface area contributed by atoms with Crippen molar-refractivity contribution in [3.63, 3.8) is 0 Å². The molecule has 0 nitrogen and oxygen atoms in total. The van der Waals surface area contributed by atoms with Crippen LogP contribution in [0.1, 0.15) is 53.9 Å². The van der Waals surface area contributed by atoms with Gasteiger partial charge in [0.15, 0.2) is 0 Å². The standard InChI is InChI=1S/C12H25Cl/c1-6-11(7-2)8-12(9(3)4)10(5)13/h9-12H,6-8H2,1-5H3. The molecule has 0 rings (SSSR count). The normalized spacial score (nSPS) is 16.6. The Morgan fingerprint density at radius 3 is 1.69 bits per heavy atom. The minimum Gasteiger partial charge on any atom is -0.123 e. The second kappa shape index (κ2) is 6.70. The zero-order valence-corrected chi connectivity index (χ0v) is 10.6.